The standard InChI is InChI=1S/C12H16N4/c1-16-11-7-9(15-13)5-6-10(11)14-12(16)8-3-2-4-8/h5-8,15H,2-4,13H2,1H3. The third kappa shape index (κ3) is 1.30. The molecular formula is C12H16N4. The fourth-order valence-electron chi connectivity index (χ4n) is 2.33. The first-order valence-electron chi connectivity index (χ1n) is 5.72. The van der Waals surface area contributed by atoms with Crippen molar-refractivity contribution in [2.75, 3.05) is 5.43 Å². The molecule has 4 nitrogen and oxygen atoms in total. The van der Waals surface area contributed by atoms with Gasteiger partial charge < -0.3 is 9.99 Å². The van der Waals surface area contributed by atoms with Gasteiger partial charge in [-0.1, -0.05) is 6.42 Å². The average molecular weight is 216 g/mol. The summed E-state index contributed by atoms with van der Waals surface area (Å²) in [5.74, 6) is 7.29. The van der Waals surface area contributed by atoms with Gasteiger partial charge in [0.05, 0.1) is 16.7 Å². The van der Waals surface area contributed by atoms with Crippen molar-refractivity contribution >= 4 is 16.7 Å². The lowest BCUT2D eigenvalue weighted by atomic mass is 9.85. The summed E-state index contributed by atoms with van der Waals surface area (Å²) in [5, 5.41) is 0. The Morgan fingerprint density at radius 1 is 1.44 bits per heavy atom. The Morgan fingerprint density at radius 3 is 2.88 bits per heavy atom. The number of benzene rings is 1. The molecule has 2 aromatic rings. The molecule has 0 amide bonds. The smallest absolute Gasteiger partial charge is 0.112 e. The van der Waals surface area contributed by atoms with Crippen molar-refractivity contribution < 1.29 is 0 Å². The number of nitrogens with two attached hydrogens (primary N) is 1. The van der Waals surface area contributed by atoms with E-state index in [0.717, 1.165) is 16.7 Å². The van der Waals surface area contributed by atoms with E-state index in [-0.39, 0.29) is 0 Å². The number of rotatable bonds is 2. The van der Waals surface area contributed by atoms with E-state index in [4.69, 9.17) is 10.8 Å². The minimum Gasteiger partial charge on any atom is -0.331 e. The molecule has 3 rings (SSSR count). The number of nitrogens with one attached hydrogen (secondary N) is 1. The molecule has 1 aliphatic carbocycles. The normalized spacial score (nSPS) is 16.4. The zero-order valence-corrected chi connectivity index (χ0v) is 9.40. The Bertz CT molecular complexity index is 525. The van der Waals surface area contributed by atoms with Gasteiger partial charge in [-0.2, -0.15) is 0 Å². The maximum absolute atomic E-state index is 5.42. The SMILES string of the molecule is Cn1c(C2CCC2)nc2ccc(NN)cc21. The second-order valence-electron chi connectivity index (χ2n) is 4.50. The van der Waals surface area contributed by atoms with Crippen LogP contribution in [0.5, 0.6) is 0 Å². The van der Waals surface area contributed by atoms with Crippen molar-refractivity contribution in [1.29, 1.82) is 0 Å². The number of hydrazine groups is 1. The maximum atomic E-state index is 5.42. The number of hydrogen-bond acceptors (Lipinski definition) is 3. The summed E-state index contributed by atoms with van der Waals surface area (Å²) < 4.78 is 2.19. The third-order valence-electron chi connectivity index (χ3n) is 3.55. The molecule has 0 radical (unpaired) electrons. The van der Waals surface area contributed by atoms with Gasteiger partial charge in [0, 0.05) is 13.0 Å². The minimum absolute atomic E-state index is 0.659. The average Bonchev–Trinajstić information content (AvgIpc) is 2.54. The van der Waals surface area contributed by atoms with Crippen LogP contribution in [-0.2, 0) is 7.05 Å². The summed E-state index contributed by atoms with van der Waals surface area (Å²) in [5.41, 5.74) is 5.81. The quantitative estimate of drug-likeness (QED) is 0.597. The molecule has 0 atom stereocenters. The molecule has 0 saturated heterocycles. The summed E-state index contributed by atoms with van der Waals surface area (Å²) in [6.45, 7) is 0. The Kier molecular flexibility index (Phi) is 2.11. The number of nitrogen functional groups attached to an aromatic ring is 1. The molecule has 1 aliphatic rings. The first-order chi connectivity index (χ1) is 7.79. The summed E-state index contributed by atoms with van der Waals surface area (Å²) in [7, 11) is 2.09. The van der Waals surface area contributed by atoms with E-state index in [9.17, 15) is 0 Å². The highest BCUT2D eigenvalue weighted by Crippen LogP contribution is 2.36. The monoisotopic (exact) mass is 216 g/mol. The first-order valence-corrected chi connectivity index (χ1v) is 5.72. The number of fused-ring (bicyclic) bond motifs is 1. The molecule has 0 unspecified atom stereocenters. The van der Waals surface area contributed by atoms with Crippen molar-refractivity contribution in [3.05, 3.63) is 24.0 Å². The Morgan fingerprint density at radius 2 is 2.25 bits per heavy atom. The Balaban J connectivity index is 2.14. The second-order valence-corrected chi connectivity index (χ2v) is 4.50. The molecule has 1 heterocycles. The highest BCUT2D eigenvalue weighted by atomic mass is 15.2. The van der Waals surface area contributed by atoms with E-state index in [1.165, 1.54) is 25.1 Å². The number of hydrogen-bond donors (Lipinski definition) is 2. The minimum atomic E-state index is 0.659. The number of nitrogens with zero attached hydrogens (tertiary/aromatic N) is 2. The number of aromatic nitrogens is 2. The highest BCUT2D eigenvalue weighted by molar-refractivity contribution is 5.80. The molecule has 1 aromatic carbocycles. The van der Waals surface area contributed by atoms with Gasteiger partial charge in [-0.15, -0.1) is 0 Å². The molecule has 84 valence electrons. The van der Waals surface area contributed by atoms with E-state index in [0.29, 0.717) is 5.92 Å². The van der Waals surface area contributed by atoms with Crippen LogP contribution in [0.15, 0.2) is 18.2 Å². The summed E-state index contributed by atoms with van der Waals surface area (Å²) in [6.07, 6.45) is 3.89. The van der Waals surface area contributed by atoms with Crippen LogP contribution in [0, 0.1) is 0 Å². The number of anilines is 1. The van der Waals surface area contributed by atoms with Crippen molar-refractivity contribution in [2.45, 2.75) is 25.2 Å². The zero-order chi connectivity index (χ0) is 11.1. The van der Waals surface area contributed by atoms with Gasteiger partial charge in [-0.3, -0.25) is 5.84 Å². The van der Waals surface area contributed by atoms with E-state index in [2.05, 4.69) is 17.0 Å². The third-order valence-corrected chi connectivity index (χ3v) is 3.55. The van der Waals surface area contributed by atoms with E-state index < -0.39 is 0 Å². The fourth-order valence-corrected chi connectivity index (χ4v) is 2.33. The second kappa shape index (κ2) is 3.49. The number of imidazole rings is 1. The van der Waals surface area contributed by atoms with Crippen molar-refractivity contribution in [1.82, 2.24) is 9.55 Å². The van der Waals surface area contributed by atoms with Crippen LogP contribution in [0.3, 0.4) is 0 Å². The molecule has 0 aliphatic heterocycles. The molecule has 0 spiro atoms. The summed E-state index contributed by atoms with van der Waals surface area (Å²) in [4.78, 5) is 4.70. The van der Waals surface area contributed by atoms with E-state index in [1.54, 1.807) is 0 Å². The summed E-state index contributed by atoms with van der Waals surface area (Å²) >= 11 is 0. The van der Waals surface area contributed by atoms with E-state index in [1.807, 2.05) is 18.2 Å². The van der Waals surface area contributed by atoms with Gasteiger partial charge >= 0.3 is 0 Å². The lowest BCUT2D eigenvalue weighted by Crippen LogP contribution is -2.13. The van der Waals surface area contributed by atoms with Crippen LogP contribution >= 0.6 is 0 Å². The van der Waals surface area contributed by atoms with Gasteiger partial charge in [0.15, 0.2) is 0 Å². The maximum Gasteiger partial charge on any atom is 0.112 e. The molecule has 3 N–H and O–H groups in total. The van der Waals surface area contributed by atoms with Crippen LogP contribution in [0.2, 0.25) is 0 Å². The zero-order valence-electron chi connectivity index (χ0n) is 9.40. The fraction of sp³-hybridized carbons (Fsp3) is 0.417. The van der Waals surface area contributed by atoms with Crippen molar-refractivity contribution in [2.24, 2.45) is 12.9 Å². The summed E-state index contributed by atoms with van der Waals surface area (Å²) in [6, 6.07) is 6.02. The molecule has 1 fully saturated rings. The predicted molar refractivity (Wildman–Crippen MR) is 65.1 cm³/mol. The van der Waals surface area contributed by atoms with Crippen molar-refractivity contribution in [3.8, 4) is 0 Å². The molecule has 16 heavy (non-hydrogen) atoms. The molecule has 4 heteroatoms. The van der Waals surface area contributed by atoms with Crippen LogP contribution in [0.1, 0.15) is 31.0 Å². The number of aryl methyl sites for hydroxylation is 1. The lowest BCUT2D eigenvalue weighted by molar-refractivity contribution is 0.395. The largest absolute Gasteiger partial charge is 0.331 e. The van der Waals surface area contributed by atoms with Gasteiger partial charge in [-0.25, -0.2) is 4.98 Å². The highest BCUT2D eigenvalue weighted by Gasteiger charge is 2.24. The van der Waals surface area contributed by atoms with Crippen LogP contribution < -0.4 is 11.3 Å². The van der Waals surface area contributed by atoms with Crippen LogP contribution in [0.25, 0.3) is 11.0 Å². The van der Waals surface area contributed by atoms with E-state index >= 15 is 0 Å². The Labute approximate surface area is 94.4 Å². The van der Waals surface area contributed by atoms with Crippen LogP contribution in [0.4, 0.5) is 5.69 Å². The van der Waals surface area contributed by atoms with Crippen LogP contribution in [-0.4, -0.2) is 9.55 Å². The predicted octanol–water partition coefficient (Wildman–Crippen LogP) is 2.13. The Hall–Kier alpha value is -1.55. The first kappa shape index (κ1) is 9.66. The lowest BCUT2D eigenvalue weighted by Gasteiger charge is -2.24. The molecule has 0 bridgehead atoms. The topological polar surface area (TPSA) is 55.9 Å². The van der Waals surface area contributed by atoms with Gasteiger partial charge in [0.1, 0.15) is 5.82 Å². The van der Waals surface area contributed by atoms with Gasteiger partial charge in [-0.05, 0) is 31.0 Å². The molecule has 1 saturated carbocycles. The van der Waals surface area contributed by atoms with Gasteiger partial charge in [0.25, 0.3) is 0 Å². The van der Waals surface area contributed by atoms with Crippen molar-refractivity contribution in [3.63, 3.8) is 0 Å². The molecular weight excluding hydrogens is 200 g/mol. The molecule has 1 aromatic heterocycles. The van der Waals surface area contributed by atoms with Gasteiger partial charge in [0.2, 0.25) is 0 Å².